The summed E-state index contributed by atoms with van der Waals surface area (Å²) >= 11 is 0. The van der Waals surface area contributed by atoms with Gasteiger partial charge >= 0.3 is 0 Å². The third kappa shape index (κ3) is 1.51. The van der Waals surface area contributed by atoms with Crippen molar-refractivity contribution in [2.75, 3.05) is 0 Å². The van der Waals surface area contributed by atoms with E-state index in [4.69, 9.17) is 5.73 Å². The van der Waals surface area contributed by atoms with E-state index >= 15 is 0 Å². The molecule has 1 aromatic carbocycles. The highest BCUT2D eigenvalue weighted by Crippen LogP contribution is 2.27. The molecular formula is C11H14FN3. The van der Waals surface area contributed by atoms with Crippen LogP contribution in [0.15, 0.2) is 18.2 Å². The minimum atomic E-state index is -0.637. The van der Waals surface area contributed by atoms with Crippen molar-refractivity contribution in [1.82, 2.24) is 9.78 Å². The highest BCUT2D eigenvalue weighted by molar-refractivity contribution is 5.83. The van der Waals surface area contributed by atoms with Crippen molar-refractivity contribution >= 4 is 10.9 Å². The first-order valence-electron chi connectivity index (χ1n) is 4.82. The molecule has 15 heavy (non-hydrogen) atoms. The second-order valence-electron chi connectivity index (χ2n) is 4.33. The molecule has 4 heteroatoms. The van der Waals surface area contributed by atoms with Crippen molar-refractivity contribution in [3.63, 3.8) is 0 Å². The maximum atomic E-state index is 13.7. The largest absolute Gasteiger partial charge is 0.320 e. The first kappa shape index (κ1) is 10.1. The average molecular weight is 207 g/mol. The van der Waals surface area contributed by atoms with Gasteiger partial charge in [-0.3, -0.25) is 4.68 Å². The molecule has 0 atom stereocenters. The van der Waals surface area contributed by atoms with Crippen LogP contribution in [0.3, 0.4) is 0 Å². The molecule has 80 valence electrons. The van der Waals surface area contributed by atoms with E-state index in [1.807, 2.05) is 19.9 Å². The second-order valence-corrected chi connectivity index (χ2v) is 4.33. The molecule has 2 N–H and O–H groups in total. The average Bonchev–Trinajstić information content (AvgIpc) is 2.45. The van der Waals surface area contributed by atoms with Gasteiger partial charge in [0, 0.05) is 7.05 Å². The topological polar surface area (TPSA) is 43.8 Å². The van der Waals surface area contributed by atoms with Crippen LogP contribution in [0.25, 0.3) is 10.9 Å². The smallest absolute Gasteiger partial charge is 0.134 e. The van der Waals surface area contributed by atoms with Gasteiger partial charge in [-0.15, -0.1) is 0 Å². The second kappa shape index (κ2) is 3.03. The van der Waals surface area contributed by atoms with Gasteiger partial charge in [0.1, 0.15) is 5.82 Å². The van der Waals surface area contributed by atoms with Crippen molar-refractivity contribution in [1.29, 1.82) is 0 Å². The molecule has 0 amide bonds. The van der Waals surface area contributed by atoms with E-state index in [0.29, 0.717) is 11.1 Å². The van der Waals surface area contributed by atoms with Gasteiger partial charge in [0.15, 0.2) is 0 Å². The SMILES string of the molecule is Cn1nc(C(C)(C)N)c2c(F)cccc21. The molecule has 0 aliphatic heterocycles. The number of aryl methyl sites for hydroxylation is 1. The monoisotopic (exact) mass is 207 g/mol. The van der Waals surface area contributed by atoms with E-state index in [0.717, 1.165) is 5.52 Å². The molecule has 0 fully saturated rings. The van der Waals surface area contributed by atoms with Crippen molar-refractivity contribution in [2.24, 2.45) is 12.8 Å². The summed E-state index contributed by atoms with van der Waals surface area (Å²) in [6, 6.07) is 4.94. The fourth-order valence-electron chi connectivity index (χ4n) is 1.72. The molecule has 1 heterocycles. The molecule has 2 aromatic rings. The molecule has 0 saturated carbocycles. The molecule has 0 aliphatic rings. The molecule has 0 unspecified atom stereocenters. The Balaban J connectivity index is 2.88. The highest BCUT2D eigenvalue weighted by atomic mass is 19.1. The summed E-state index contributed by atoms with van der Waals surface area (Å²) in [5, 5.41) is 4.79. The lowest BCUT2D eigenvalue weighted by Crippen LogP contribution is -2.29. The molecule has 0 aliphatic carbocycles. The minimum absolute atomic E-state index is 0.269. The Hall–Kier alpha value is -1.42. The number of halogens is 1. The maximum absolute atomic E-state index is 13.7. The number of benzene rings is 1. The van der Waals surface area contributed by atoms with Crippen molar-refractivity contribution in [3.05, 3.63) is 29.7 Å². The molecular weight excluding hydrogens is 193 g/mol. The number of fused-ring (bicyclic) bond motifs is 1. The molecule has 3 nitrogen and oxygen atoms in total. The van der Waals surface area contributed by atoms with E-state index in [2.05, 4.69) is 5.10 Å². The lowest BCUT2D eigenvalue weighted by atomic mass is 9.99. The maximum Gasteiger partial charge on any atom is 0.134 e. The van der Waals surface area contributed by atoms with Crippen LogP contribution in [0, 0.1) is 5.82 Å². The number of rotatable bonds is 1. The Morgan fingerprint density at radius 2 is 2.07 bits per heavy atom. The summed E-state index contributed by atoms with van der Waals surface area (Å²) in [6.45, 7) is 3.64. The van der Waals surface area contributed by atoms with Crippen LogP contribution in [-0.4, -0.2) is 9.78 Å². The van der Waals surface area contributed by atoms with Gasteiger partial charge in [-0.1, -0.05) is 6.07 Å². The summed E-state index contributed by atoms with van der Waals surface area (Å²) < 4.78 is 15.3. The number of nitrogens with zero attached hydrogens (tertiary/aromatic N) is 2. The molecule has 0 bridgehead atoms. The number of aromatic nitrogens is 2. The summed E-state index contributed by atoms with van der Waals surface area (Å²) in [7, 11) is 1.79. The quantitative estimate of drug-likeness (QED) is 0.776. The van der Waals surface area contributed by atoms with E-state index in [9.17, 15) is 4.39 Å². The zero-order valence-corrected chi connectivity index (χ0v) is 9.08. The van der Waals surface area contributed by atoms with Gasteiger partial charge in [-0.25, -0.2) is 4.39 Å². The van der Waals surface area contributed by atoms with Gasteiger partial charge < -0.3 is 5.73 Å². The Morgan fingerprint density at radius 1 is 1.40 bits per heavy atom. The first-order chi connectivity index (χ1) is 6.91. The first-order valence-corrected chi connectivity index (χ1v) is 4.82. The van der Waals surface area contributed by atoms with Gasteiger partial charge in [-0.05, 0) is 26.0 Å². The fraction of sp³-hybridized carbons (Fsp3) is 0.364. The third-order valence-electron chi connectivity index (χ3n) is 2.44. The molecule has 2 rings (SSSR count). The molecule has 0 saturated heterocycles. The fourth-order valence-corrected chi connectivity index (χ4v) is 1.72. The Morgan fingerprint density at radius 3 is 2.67 bits per heavy atom. The Bertz CT molecular complexity index is 508. The van der Waals surface area contributed by atoms with Crippen LogP contribution in [0.1, 0.15) is 19.5 Å². The number of nitrogens with two attached hydrogens (primary N) is 1. The van der Waals surface area contributed by atoms with Crippen molar-refractivity contribution in [2.45, 2.75) is 19.4 Å². The predicted octanol–water partition coefficient (Wildman–Crippen LogP) is 1.91. The predicted molar refractivity (Wildman–Crippen MR) is 57.9 cm³/mol. The van der Waals surface area contributed by atoms with Crippen molar-refractivity contribution in [3.8, 4) is 0 Å². The summed E-state index contributed by atoms with van der Waals surface area (Å²) in [6.07, 6.45) is 0. The van der Waals surface area contributed by atoms with E-state index in [-0.39, 0.29) is 5.82 Å². The van der Waals surface area contributed by atoms with Crippen LogP contribution in [0.4, 0.5) is 4.39 Å². The summed E-state index contributed by atoms with van der Waals surface area (Å²) in [5.41, 5.74) is 6.69. The standard InChI is InChI=1S/C11H14FN3/c1-11(2,13)10-9-7(12)5-4-6-8(9)15(3)14-10/h4-6H,13H2,1-3H3. The van der Waals surface area contributed by atoms with Crippen LogP contribution in [-0.2, 0) is 12.6 Å². The highest BCUT2D eigenvalue weighted by Gasteiger charge is 2.23. The summed E-state index contributed by atoms with van der Waals surface area (Å²) in [4.78, 5) is 0. The molecule has 1 aromatic heterocycles. The zero-order chi connectivity index (χ0) is 11.2. The number of hydrogen-bond donors (Lipinski definition) is 1. The number of hydrogen-bond acceptors (Lipinski definition) is 2. The Kier molecular flexibility index (Phi) is 2.04. The van der Waals surface area contributed by atoms with Crippen LogP contribution >= 0.6 is 0 Å². The van der Waals surface area contributed by atoms with E-state index < -0.39 is 5.54 Å². The third-order valence-corrected chi connectivity index (χ3v) is 2.44. The molecule has 0 spiro atoms. The lowest BCUT2D eigenvalue weighted by Gasteiger charge is -2.15. The van der Waals surface area contributed by atoms with Crippen LogP contribution in [0.2, 0.25) is 0 Å². The van der Waals surface area contributed by atoms with Gasteiger partial charge in [0.2, 0.25) is 0 Å². The van der Waals surface area contributed by atoms with Gasteiger partial charge in [0.05, 0.1) is 22.1 Å². The van der Waals surface area contributed by atoms with Gasteiger partial charge in [-0.2, -0.15) is 5.10 Å². The van der Waals surface area contributed by atoms with Gasteiger partial charge in [0.25, 0.3) is 0 Å². The Labute approximate surface area is 87.7 Å². The zero-order valence-electron chi connectivity index (χ0n) is 9.08. The van der Waals surface area contributed by atoms with Crippen LogP contribution < -0.4 is 5.73 Å². The summed E-state index contributed by atoms with van der Waals surface area (Å²) in [5.74, 6) is -0.269. The minimum Gasteiger partial charge on any atom is -0.320 e. The molecule has 0 radical (unpaired) electrons. The lowest BCUT2D eigenvalue weighted by molar-refractivity contribution is 0.524. The normalized spacial score (nSPS) is 12.3. The van der Waals surface area contributed by atoms with Crippen molar-refractivity contribution < 1.29 is 4.39 Å². The van der Waals surface area contributed by atoms with E-state index in [1.165, 1.54) is 6.07 Å². The van der Waals surface area contributed by atoms with E-state index in [1.54, 1.807) is 17.8 Å². The van der Waals surface area contributed by atoms with Crippen LogP contribution in [0.5, 0.6) is 0 Å².